The molecular weight excluding hydrogens is 408 g/mol. The van der Waals surface area contributed by atoms with Gasteiger partial charge < -0.3 is 10.2 Å². The fourth-order valence-electron chi connectivity index (χ4n) is 4.59. The fraction of sp³-hybridized carbons (Fsp3) is 0.960. The summed E-state index contributed by atoms with van der Waals surface area (Å²) in [5.74, 6) is -0.348. The normalized spacial score (nSPS) is 22.7. The van der Waals surface area contributed by atoms with E-state index in [2.05, 4.69) is 24.1 Å². The van der Waals surface area contributed by atoms with Crippen molar-refractivity contribution in [3.63, 3.8) is 0 Å². The number of nitrogens with zero attached hydrogens (tertiary/aromatic N) is 1. The second-order valence-electron chi connectivity index (χ2n) is 9.43. The number of carbonyl (C=O) groups excluding carboxylic acids is 1. The molecule has 1 aliphatic carbocycles. The number of rotatable bonds is 7. The zero-order chi connectivity index (χ0) is 22.9. The Kier molecular flexibility index (Phi) is 14.5. The third-order valence-corrected chi connectivity index (χ3v) is 6.86. The first-order valence-electron chi connectivity index (χ1n) is 13.3. The Hall–Kier alpha value is -0.730. The average Bonchev–Trinajstić information content (AvgIpc) is 2.80. The zero-order valence-electron chi connectivity index (χ0n) is 20.7. The van der Waals surface area contributed by atoms with E-state index in [-0.39, 0.29) is 5.91 Å². The van der Waals surface area contributed by atoms with Gasteiger partial charge in [0.05, 0.1) is 13.2 Å². The highest BCUT2D eigenvalue weighted by Crippen LogP contribution is 2.38. The molecule has 1 aliphatic heterocycles. The van der Waals surface area contributed by atoms with E-state index in [0.29, 0.717) is 44.9 Å². The van der Waals surface area contributed by atoms with E-state index in [4.69, 9.17) is 19.6 Å². The predicted octanol–water partition coefficient (Wildman–Crippen LogP) is 5.14. The van der Waals surface area contributed by atoms with E-state index < -0.39 is 5.79 Å². The van der Waals surface area contributed by atoms with Crippen molar-refractivity contribution in [2.24, 2.45) is 5.92 Å². The van der Waals surface area contributed by atoms with Crippen LogP contribution in [0.5, 0.6) is 0 Å². The molecule has 7 nitrogen and oxygen atoms in total. The smallest absolute Gasteiger partial charge is 0.234 e. The number of nitrogens with one attached hydrogen (secondary N) is 1. The number of hydrogen-bond acceptors (Lipinski definition) is 6. The molecule has 0 unspecified atom stereocenters. The van der Waals surface area contributed by atoms with Gasteiger partial charge in [0.1, 0.15) is 0 Å². The van der Waals surface area contributed by atoms with Crippen LogP contribution >= 0.6 is 0 Å². The Balaban J connectivity index is 1.73. The van der Waals surface area contributed by atoms with Crippen molar-refractivity contribution in [1.29, 1.82) is 0 Å². The largest absolute Gasteiger partial charge is 0.355 e. The maximum atomic E-state index is 12.4. The lowest BCUT2D eigenvalue weighted by Gasteiger charge is -2.36. The Morgan fingerprint density at radius 2 is 1.34 bits per heavy atom. The summed E-state index contributed by atoms with van der Waals surface area (Å²) in [4.78, 5) is 37.4. The lowest BCUT2D eigenvalue weighted by molar-refractivity contribution is -0.518. The Bertz CT molecular complexity index is 461. The van der Waals surface area contributed by atoms with Gasteiger partial charge >= 0.3 is 0 Å². The summed E-state index contributed by atoms with van der Waals surface area (Å²) in [6, 6.07) is 0. The van der Waals surface area contributed by atoms with E-state index in [1.165, 1.54) is 44.9 Å². The van der Waals surface area contributed by atoms with Crippen molar-refractivity contribution in [3.05, 3.63) is 0 Å². The van der Waals surface area contributed by atoms with Gasteiger partial charge in [0, 0.05) is 32.4 Å². The molecule has 0 aromatic carbocycles. The van der Waals surface area contributed by atoms with Crippen LogP contribution in [0.1, 0.15) is 104 Å². The first-order chi connectivity index (χ1) is 15.7. The quantitative estimate of drug-likeness (QED) is 0.535. The van der Waals surface area contributed by atoms with Crippen LogP contribution in [0.4, 0.5) is 0 Å². The molecule has 1 N–H and O–H groups in total. The highest BCUT2D eigenvalue weighted by molar-refractivity contribution is 5.76. The Morgan fingerprint density at radius 1 is 0.844 bits per heavy atom. The lowest BCUT2D eigenvalue weighted by Crippen LogP contribution is -2.41. The van der Waals surface area contributed by atoms with Crippen LogP contribution in [0, 0.1) is 5.92 Å². The first kappa shape index (κ1) is 27.5. The third-order valence-electron chi connectivity index (χ3n) is 6.86. The molecule has 1 spiro atoms. The monoisotopic (exact) mass is 456 g/mol. The molecule has 7 heteroatoms. The van der Waals surface area contributed by atoms with Gasteiger partial charge in [-0.25, -0.2) is 9.78 Å². The van der Waals surface area contributed by atoms with Crippen molar-refractivity contribution in [1.82, 2.24) is 10.2 Å². The van der Waals surface area contributed by atoms with E-state index >= 15 is 0 Å². The first-order valence-corrected chi connectivity index (χ1v) is 13.3. The van der Waals surface area contributed by atoms with Crippen molar-refractivity contribution in [3.8, 4) is 0 Å². The van der Waals surface area contributed by atoms with Crippen LogP contribution in [0.15, 0.2) is 0 Å². The summed E-state index contributed by atoms with van der Waals surface area (Å²) in [6.45, 7) is 9.12. The van der Waals surface area contributed by atoms with Gasteiger partial charge in [-0.05, 0) is 44.7 Å². The molecule has 0 radical (unpaired) electrons. The van der Waals surface area contributed by atoms with E-state index in [1.807, 2.05) is 0 Å². The Labute approximate surface area is 195 Å². The highest BCUT2D eigenvalue weighted by Gasteiger charge is 2.40. The fourth-order valence-corrected chi connectivity index (χ4v) is 4.59. The van der Waals surface area contributed by atoms with Crippen LogP contribution in [-0.4, -0.2) is 56.0 Å². The highest BCUT2D eigenvalue weighted by atomic mass is 17.3. The number of likely N-dealkylation sites (N-methyl/N-ethyl adjacent to an activating group) is 1. The second-order valence-corrected chi connectivity index (χ2v) is 9.43. The SMILES string of the molecule is CCN(CC)CCNC(=O)CC1CCC2(CC1)OOCCCCCCCCCCCOO2. The van der Waals surface area contributed by atoms with Gasteiger partial charge in [0.25, 0.3) is 0 Å². The molecule has 2 aliphatic rings. The van der Waals surface area contributed by atoms with Gasteiger partial charge in [0.15, 0.2) is 0 Å². The van der Waals surface area contributed by atoms with E-state index in [1.54, 1.807) is 0 Å². The zero-order valence-corrected chi connectivity index (χ0v) is 20.7. The molecule has 1 saturated carbocycles. The van der Waals surface area contributed by atoms with Crippen molar-refractivity contribution >= 4 is 5.91 Å². The molecule has 1 heterocycles. The van der Waals surface area contributed by atoms with Crippen molar-refractivity contribution < 1.29 is 24.3 Å². The molecule has 188 valence electrons. The summed E-state index contributed by atoms with van der Waals surface area (Å²) in [5.41, 5.74) is 0. The molecule has 2 rings (SSSR count). The number of hydrogen-bond donors (Lipinski definition) is 1. The van der Waals surface area contributed by atoms with Crippen molar-refractivity contribution in [2.45, 2.75) is 110 Å². The van der Waals surface area contributed by atoms with Crippen LogP contribution in [-0.2, 0) is 24.3 Å². The van der Waals surface area contributed by atoms with E-state index in [9.17, 15) is 4.79 Å². The molecule has 32 heavy (non-hydrogen) atoms. The minimum absolute atomic E-state index is 0.144. The molecule has 0 bridgehead atoms. The van der Waals surface area contributed by atoms with Gasteiger partial charge in [-0.3, -0.25) is 4.79 Å². The van der Waals surface area contributed by atoms with Gasteiger partial charge in [-0.2, -0.15) is 9.78 Å². The summed E-state index contributed by atoms with van der Waals surface area (Å²) >= 11 is 0. The van der Waals surface area contributed by atoms with Crippen LogP contribution in [0.2, 0.25) is 0 Å². The van der Waals surface area contributed by atoms with Crippen molar-refractivity contribution in [2.75, 3.05) is 39.4 Å². The molecular formula is C25H48N2O5. The summed E-state index contributed by atoms with van der Waals surface area (Å²) in [5, 5.41) is 3.07. The topological polar surface area (TPSA) is 69.3 Å². The van der Waals surface area contributed by atoms with Gasteiger partial charge in [-0.15, -0.1) is 0 Å². The minimum atomic E-state index is -0.840. The standard InChI is InChI=1S/C25H48N2O5/c1-3-27(4-2)19-18-26-24(28)22-23-14-16-25(17-15-23)31-29-20-12-10-8-6-5-7-9-11-13-21-30-32-25/h23H,3-22H2,1-2H3,(H,26,28). The number of amides is 1. The molecule has 1 amide bonds. The van der Waals surface area contributed by atoms with Crippen LogP contribution in [0.3, 0.4) is 0 Å². The molecule has 0 atom stereocenters. The minimum Gasteiger partial charge on any atom is -0.355 e. The lowest BCUT2D eigenvalue weighted by atomic mass is 9.83. The van der Waals surface area contributed by atoms with Crippen LogP contribution in [0.25, 0.3) is 0 Å². The average molecular weight is 457 g/mol. The summed E-state index contributed by atoms with van der Waals surface area (Å²) < 4.78 is 0. The van der Waals surface area contributed by atoms with Gasteiger partial charge in [-0.1, -0.05) is 58.8 Å². The Morgan fingerprint density at radius 3 is 1.84 bits per heavy atom. The maximum absolute atomic E-state index is 12.4. The molecule has 1 saturated heterocycles. The van der Waals surface area contributed by atoms with E-state index in [0.717, 1.165) is 45.3 Å². The summed E-state index contributed by atoms with van der Waals surface area (Å²) in [7, 11) is 0. The third kappa shape index (κ3) is 11.4. The predicted molar refractivity (Wildman–Crippen MR) is 126 cm³/mol. The molecule has 2 fully saturated rings. The summed E-state index contributed by atoms with van der Waals surface area (Å²) in [6.07, 6.45) is 14.5. The molecule has 0 aromatic rings. The molecule has 0 aromatic heterocycles. The second kappa shape index (κ2) is 16.8. The van der Waals surface area contributed by atoms with Gasteiger partial charge in [0.2, 0.25) is 11.7 Å². The number of carbonyl (C=O) groups is 1. The maximum Gasteiger partial charge on any atom is 0.234 e. The van der Waals surface area contributed by atoms with Crippen LogP contribution < -0.4 is 5.32 Å².